The van der Waals surface area contributed by atoms with Gasteiger partial charge in [0.15, 0.2) is 0 Å². The Morgan fingerprint density at radius 2 is 2.05 bits per heavy atom. The molecule has 0 amide bonds. The molecule has 4 rings (SSSR count). The topological polar surface area (TPSA) is 29.9 Å². The van der Waals surface area contributed by atoms with E-state index in [-0.39, 0.29) is 0 Å². The molecule has 0 bridgehead atoms. The Kier molecular flexibility index (Phi) is 3.52. The van der Waals surface area contributed by atoms with Crippen molar-refractivity contribution in [3.63, 3.8) is 0 Å². The van der Waals surface area contributed by atoms with E-state index in [1.807, 2.05) is 6.20 Å². The van der Waals surface area contributed by atoms with E-state index in [4.69, 9.17) is 0 Å². The van der Waals surface area contributed by atoms with Crippen molar-refractivity contribution in [3.8, 4) is 0 Å². The third kappa shape index (κ3) is 2.75. The Morgan fingerprint density at radius 3 is 3.00 bits per heavy atom. The van der Waals surface area contributed by atoms with Crippen LogP contribution in [-0.2, 0) is 25.8 Å². The molecule has 0 saturated carbocycles. The minimum Gasteiger partial charge on any atom is -0.335 e. The Hall–Kier alpha value is -1.61. The highest BCUT2D eigenvalue weighted by Gasteiger charge is 2.22. The number of nitrogens with one attached hydrogen (secondary N) is 1. The standard InChI is InChI=1S/C18H23N3/c1-2-4-16-11-17(7-6-15(16)3-1)20-12-14-5-8-18-19-9-10-21(18)13-14/h1-4,9-10,14,17,20H,5-8,11-13H2. The van der Waals surface area contributed by atoms with E-state index in [9.17, 15) is 0 Å². The molecule has 1 aliphatic heterocycles. The van der Waals surface area contributed by atoms with Gasteiger partial charge < -0.3 is 9.88 Å². The van der Waals surface area contributed by atoms with E-state index in [2.05, 4.69) is 45.3 Å². The van der Waals surface area contributed by atoms with Gasteiger partial charge in [-0.15, -0.1) is 0 Å². The van der Waals surface area contributed by atoms with Crippen molar-refractivity contribution in [3.05, 3.63) is 53.6 Å². The lowest BCUT2D eigenvalue weighted by atomic mass is 9.88. The summed E-state index contributed by atoms with van der Waals surface area (Å²) in [6, 6.07) is 9.57. The van der Waals surface area contributed by atoms with Crippen LogP contribution in [0.5, 0.6) is 0 Å². The molecule has 21 heavy (non-hydrogen) atoms. The fourth-order valence-electron chi connectivity index (χ4n) is 3.81. The minimum absolute atomic E-state index is 0.657. The van der Waals surface area contributed by atoms with Crippen LogP contribution in [0.1, 0.15) is 29.8 Å². The zero-order valence-electron chi connectivity index (χ0n) is 12.5. The molecule has 2 aliphatic rings. The van der Waals surface area contributed by atoms with Crippen molar-refractivity contribution < 1.29 is 0 Å². The predicted molar refractivity (Wildman–Crippen MR) is 84.3 cm³/mol. The summed E-state index contributed by atoms with van der Waals surface area (Å²) in [6.45, 7) is 2.27. The number of aryl methyl sites for hydroxylation is 2. The lowest BCUT2D eigenvalue weighted by molar-refractivity contribution is 0.322. The maximum absolute atomic E-state index is 4.41. The van der Waals surface area contributed by atoms with Gasteiger partial charge in [0.05, 0.1) is 0 Å². The molecule has 0 radical (unpaired) electrons. The summed E-state index contributed by atoms with van der Waals surface area (Å²) in [7, 11) is 0. The zero-order valence-corrected chi connectivity index (χ0v) is 12.5. The van der Waals surface area contributed by atoms with Gasteiger partial charge in [-0.3, -0.25) is 0 Å². The third-order valence-electron chi connectivity index (χ3n) is 5.07. The zero-order chi connectivity index (χ0) is 14.1. The summed E-state index contributed by atoms with van der Waals surface area (Å²) >= 11 is 0. The number of hydrogen-bond acceptors (Lipinski definition) is 2. The maximum atomic E-state index is 4.41. The monoisotopic (exact) mass is 281 g/mol. The second kappa shape index (κ2) is 5.64. The summed E-state index contributed by atoms with van der Waals surface area (Å²) in [5.74, 6) is 2.02. The largest absolute Gasteiger partial charge is 0.335 e. The molecule has 2 aromatic rings. The number of imidazole rings is 1. The van der Waals surface area contributed by atoms with E-state index in [1.165, 1.54) is 31.5 Å². The molecule has 2 unspecified atom stereocenters. The molecule has 3 nitrogen and oxygen atoms in total. The number of aromatic nitrogens is 2. The predicted octanol–water partition coefficient (Wildman–Crippen LogP) is 2.59. The fourth-order valence-corrected chi connectivity index (χ4v) is 3.81. The molecule has 110 valence electrons. The molecule has 0 fully saturated rings. The lowest BCUT2D eigenvalue weighted by Gasteiger charge is -2.29. The van der Waals surface area contributed by atoms with E-state index in [0.29, 0.717) is 6.04 Å². The molecule has 2 heterocycles. The van der Waals surface area contributed by atoms with Gasteiger partial charge >= 0.3 is 0 Å². The van der Waals surface area contributed by atoms with Crippen LogP contribution in [0.2, 0.25) is 0 Å². The van der Waals surface area contributed by atoms with Gasteiger partial charge in [0.1, 0.15) is 5.82 Å². The van der Waals surface area contributed by atoms with Gasteiger partial charge in [-0.1, -0.05) is 24.3 Å². The van der Waals surface area contributed by atoms with Gasteiger partial charge in [0, 0.05) is 31.4 Å². The van der Waals surface area contributed by atoms with Crippen LogP contribution in [0.15, 0.2) is 36.7 Å². The maximum Gasteiger partial charge on any atom is 0.108 e. The van der Waals surface area contributed by atoms with Crippen LogP contribution in [0.25, 0.3) is 0 Å². The van der Waals surface area contributed by atoms with E-state index < -0.39 is 0 Å². The molecular formula is C18H23N3. The van der Waals surface area contributed by atoms with Crippen LogP contribution >= 0.6 is 0 Å². The molecular weight excluding hydrogens is 258 g/mol. The molecule has 2 atom stereocenters. The Balaban J connectivity index is 1.32. The average molecular weight is 281 g/mol. The molecule has 1 aromatic carbocycles. The van der Waals surface area contributed by atoms with E-state index in [1.54, 1.807) is 11.1 Å². The minimum atomic E-state index is 0.657. The highest BCUT2D eigenvalue weighted by Crippen LogP contribution is 2.22. The Labute approximate surface area is 126 Å². The average Bonchev–Trinajstić information content (AvgIpc) is 3.00. The van der Waals surface area contributed by atoms with E-state index >= 15 is 0 Å². The number of nitrogens with zero attached hydrogens (tertiary/aromatic N) is 2. The van der Waals surface area contributed by atoms with Crippen LogP contribution in [0.3, 0.4) is 0 Å². The summed E-state index contributed by atoms with van der Waals surface area (Å²) in [4.78, 5) is 4.41. The van der Waals surface area contributed by atoms with Crippen LogP contribution in [0.4, 0.5) is 0 Å². The highest BCUT2D eigenvalue weighted by atomic mass is 15.1. The fraction of sp³-hybridized carbons (Fsp3) is 0.500. The summed E-state index contributed by atoms with van der Waals surface area (Å²) in [5.41, 5.74) is 3.10. The van der Waals surface area contributed by atoms with Gasteiger partial charge in [0.25, 0.3) is 0 Å². The van der Waals surface area contributed by atoms with Gasteiger partial charge in [-0.25, -0.2) is 4.98 Å². The number of hydrogen-bond donors (Lipinski definition) is 1. The van der Waals surface area contributed by atoms with Crippen molar-refractivity contribution in [1.82, 2.24) is 14.9 Å². The van der Waals surface area contributed by atoms with Crippen molar-refractivity contribution in [2.75, 3.05) is 6.54 Å². The lowest BCUT2D eigenvalue weighted by Crippen LogP contribution is -2.39. The van der Waals surface area contributed by atoms with Gasteiger partial charge in [0.2, 0.25) is 0 Å². The van der Waals surface area contributed by atoms with Crippen molar-refractivity contribution >= 4 is 0 Å². The van der Waals surface area contributed by atoms with Gasteiger partial charge in [-0.05, 0) is 49.3 Å². The molecule has 1 aromatic heterocycles. The summed E-state index contributed by atoms with van der Waals surface area (Å²) in [6.07, 6.45) is 10.2. The first kappa shape index (κ1) is 13.1. The molecule has 0 spiro atoms. The number of rotatable bonds is 3. The first-order chi connectivity index (χ1) is 10.4. The number of fused-ring (bicyclic) bond motifs is 2. The van der Waals surface area contributed by atoms with Crippen LogP contribution in [0, 0.1) is 5.92 Å². The molecule has 0 saturated heterocycles. The van der Waals surface area contributed by atoms with Crippen molar-refractivity contribution in [2.45, 2.75) is 44.7 Å². The van der Waals surface area contributed by atoms with Crippen LogP contribution < -0.4 is 5.32 Å². The third-order valence-corrected chi connectivity index (χ3v) is 5.07. The van der Waals surface area contributed by atoms with Crippen molar-refractivity contribution in [2.24, 2.45) is 5.92 Å². The van der Waals surface area contributed by atoms with E-state index in [0.717, 1.165) is 25.4 Å². The van der Waals surface area contributed by atoms with Gasteiger partial charge in [-0.2, -0.15) is 0 Å². The second-order valence-corrected chi connectivity index (χ2v) is 6.52. The molecule has 1 N–H and O–H groups in total. The Morgan fingerprint density at radius 1 is 1.14 bits per heavy atom. The van der Waals surface area contributed by atoms with Crippen LogP contribution in [-0.4, -0.2) is 22.1 Å². The highest BCUT2D eigenvalue weighted by molar-refractivity contribution is 5.30. The summed E-state index contributed by atoms with van der Waals surface area (Å²) in [5, 5.41) is 3.82. The molecule has 1 aliphatic carbocycles. The summed E-state index contributed by atoms with van der Waals surface area (Å²) < 4.78 is 2.33. The first-order valence-electron chi connectivity index (χ1n) is 8.18. The first-order valence-corrected chi connectivity index (χ1v) is 8.18. The van der Waals surface area contributed by atoms with Crippen molar-refractivity contribution in [1.29, 1.82) is 0 Å². The quantitative estimate of drug-likeness (QED) is 0.937. The smallest absolute Gasteiger partial charge is 0.108 e. The molecule has 3 heteroatoms. The SMILES string of the molecule is c1ccc2c(c1)CCC(NCC1CCc3nccn3C1)C2. The Bertz CT molecular complexity index is 616. The number of benzene rings is 1. The normalized spacial score (nSPS) is 24.4. The second-order valence-electron chi connectivity index (χ2n) is 6.52.